The molecule has 0 saturated heterocycles. The van der Waals surface area contributed by atoms with Crippen LogP contribution in [0.2, 0.25) is 0 Å². The second kappa shape index (κ2) is 3.88. The normalized spacial score (nSPS) is 13.5. The molecule has 0 saturated carbocycles. The van der Waals surface area contributed by atoms with Gasteiger partial charge >= 0.3 is 0 Å². The first kappa shape index (κ1) is 10.8. The molecular formula is C9H18N4O. The minimum atomic E-state index is -0.0986. The first-order valence-corrected chi connectivity index (χ1v) is 4.61. The molecule has 5 nitrogen and oxygen atoms in total. The first-order chi connectivity index (χ1) is 6.49. The zero-order valence-corrected chi connectivity index (χ0v) is 9.11. The number of hydrogen-bond acceptors (Lipinski definition) is 4. The standard InChI is InChI=1S/C9H18N4O/c1-5(2)8(14-4)7-9(10)13(11)6(3)12-7/h5,8H,10-11H2,1-4H3. The van der Waals surface area contributed by atoms with E-state index in [-0.39, 0.29) is 6.10 Å². The Balaban J connectivity index is 3.11. The fraction of sp³-hybridized carbons (Fsp3) is 0.667. The van der Waals surface area contributed by atoms with Gasteiger partial charge in [-0.2, -0.15) is 0 Å². The molecule has 1 aromatic rings. The number of rotatable bonds is 3. The maximum atomic E-state index is 5.81. The van der Waals surface area contributed by atoms with Crippen molar-refractivity contribution >= 4 is 5.82 Å². The molecule has 0 aliphatic carbocycles. The van der Waals surface area contributed by atoms with Gasteiger partial charge in [0.1, 0.15) is 23.4 Å². The van der Waals surface area contributed by atoms with Gasteiger partial charge in [0.25, 0.3) is 0 Å². The molecule has 0 bridgehead atoms. The van der Waals surface area contributed by atoms with E-state index >= 15 is 0 Å². The van der Waals surface area contributed by atoms with E-state index < -0.39 is 0 Å². The van der Waals surface area contributed by atoms with Crippen molar-refractivity contribution in [1.82, 2.24) is 9.66 Å². The SMILES string of the molecule is COC(c1nc(C)n(N)c1N)C(C)C. The summed E-state index contributed by atoms with van der Waals surface area (Å²) in [5.41, 5.74) is 6.54. The van der Waals surface area contributed by atoms with Crippen molar-refractivity contribution < 1.29 is 4.74 Å². The molecule has 0 spiro atoms. The Kier molecular flexibility index (Phi) is 3.00. The first-order valence-electron chi connectivity index (χ1n) is 4.61. The fourth-order valence-electron chi connectivity index (χ4n) is 1.49. The molecule has 0 fully saturated rings. The number of nitrogen functional groups attached to an aromatic ring is 2. The largest absolute Gasteiger partial charge is 0.382 e. The van der Waals surface area contributed by atoms with Crippen molar-refractivity contribution in [3.63, 3.8) is 0 Å². The number of methoxy groups -OCH3 is 1. The van der Waals surface area contributed by atoms with Crippen LogP contribution < -0.4 is 11.6 Å². The second-order valence-electron chi connectivity index (χ2n) is 3.70. The Labute approximate surface area is 84.0 Å². The van der Waals surface area contributed by atoms with Crippen molar-refractivity contribution in [3.05, 3.63) is 11.5 Å². The number of ether oxygens (including phenoxy) is 1. The number of nitrogens with two attached hydrogens (primary N) is 2. The van der Waals surface area contributed by atoms with Crippen LogP contribution >= 0.6 is 0 Å². The van der Waals surface area contributed by atoms with Crippen LogP contribution in [0.3, 0.4) is 0 Å². The summed E-state index contributed by atoms with van der Waals surface area (Å²) < 4.78 is 6.71. The van der Waals surface area contributed by atoms with Gasteiger partial charge in [0.2, 0.25) is 0 Å². The van der Waals surface area contributed by atoms with E-state index in [1.54, 1.807) is 7.11 Å². The lowest BCUT2D eigenvalue weighted by molar-refractivity contribution is 0.0620. The maximum Gasteiger partial charge on any atom is 0.148 e. The zero-order valence-electron chi connectivity index (χ0n) is 9.11. The van der Waals surface area contributed by atoms with Gasteiger partial charge in [0.05, 0.1) is 0 Å². The predicted octanol–water partition coefficient (Wildman–Crippen LogP) is 0.831. The number of aromatic nitrogens is 2. The van der Waals surface area contributed by atoms with Crippen molar-refractivity contribution in [2.24, 2.45) is 5.92 Å². The van der Waals surface area contributed by atoms with E-state index in [1.165, 1.54) is 4.68 Å². The van der Waals surface area contributed by atoms with Gasteiger partial charge in [0.15, 0.2) is 0 Å². The molecule has 0 aliphatic heterocycles. The minimum absolute atomic E-state index is 0.0986. The quantitative estimate of drug-likeness (QED) is 0.705. The van der Waals surface area contributed by atoms with Crippen LogP contribution in [0.5, 0.6) is 0 Å². The van der Waals surface area contributed by atoms with Gasteiger partial charge in [-0.1, -0.05) is 13.8 Å². The fourth-order valence-corrected chi connectivity index (χ4v) is 1.49. The van der Waals surface area contributed by atoms with E-state index in [9.17, 15) is 0 Å². The Morgan fingerprint density at radius 2 is 2.00 bits per heavy atom. The predicted molar refractivity (Wildman–Crippen MR) is 56.1 cm³/mol. The molecule has 4 N–H and O–H groups in total. The summed E-state index contributed by atoms with van der Waals surface area (Å²) in [4.78, 5) is 4.29. The zero-order chi connectivity index (χ0) is 10.9. The molecule has 0 aromatic carbocycles. The van der Waals surface area contributed by atoms with Crippen LogP contribution in [-0.2, 0) is 4.74 Å². The molecule has 1 unspecified atom stereocenters. The molecule has 0 amide bonds. The van der Waals surface area contributed by atoms with Crippen LogP contribution in [0.4, 0.5) is 5.82 Å². The molecule has 0 radical (unpaired) electrons. The molecule has 1 heterocycles. The monoisotopic (exact) mass is 198 g/mol. The molecule has 14 heavy (non-hydrogen) atoms. The number of hydrogen-bond donors (Lipinski definition) is 2. The van der Waals surface area contributed by atoms with Crippen LogP contribution in [0.25, 0.3) is 0 Å². The van der Waals surface area contributed by atoms with Crippen molar-refractivity contribution in [1.29, 1.82) is 0 Å². The van der Waals surface area contributed by atoms with E-state index in [0.717, 1.165) is 5.69 Å². The van der Waals surface area contributed by atoms with Gasteiger partial charge in [-0.05, 0) is 12.8 Å². The van der Waals surface area contributed by atoms with Crippen LogP contribution in [0.1, 0.15) is 31.5 Å². The summed E-state index contributed by atoms with van der Waals surface area (Å²) in [6.45, 7) is 5.92. The molecule has 1 rings (SSSR count). The van der Waals surface area contributed by atoms with E-state index in [2.05, 4.69) is 18.8 Å². The highest BCUT2D eigenvalue weighted by atomic mass is 16.5. The Bertz CT molecular complexity index is 319. The number of imidazole rings is 1. The Morgan fingerprint density at radius 1 is 1.43 bits per heavy atom. The smallest absolute Gasteiger partial charge is 0.148 e. The highest BCUT2D eigenvalue weighted by Crippen LogP contribution is 2.28. The number of anilines is 1. The second-order valence-corrected chi connectivity index (χ2v) is 3.70. The molecule has 1 aromatic heterocycles. The van der Waals surface area contributed by atoms with Crippen LogP contribution in [0, 0.1) is 12.8 Å². The van der Waals surface area contributed by atoms with E-state index in [1.807, 2.05) is 6.92 Å². The summed E-state index contributed by atoms with van der Waals surface area (Å²) in [6, 6.07) is 0. The molecule has 1 atom stereocenters. The number of aryl methyl sites for hydroxylation is 1. The molecular weight excluding hydrogens is 180 g/mol. The topological polar surface area (TPSA) is 79.1 Å². The van der Waals surface area contributed by atoms with Gasteiger partial charge in [-0.3, -0.25) is 0 Å². The van der Waals surface area contributed by atoms with Gasteiger partial charge in [-0.25, -0.2) is 9.66 Å². The van der Waals surface area contributed by atoms with Gasteiger partial charge < -0.3 is 16.3 Å². The van der Waals surface area contributed by atoms with Crippen molar-refractivity contribution in [2.75, 3.05) is 18.7 Å². The van der Waals surface area contributed by atoms with Crippen molar-refractivity contribution in [2.45, 2.75) is 26.9 Å². The van der Waals surface area contributed by atoms with Gasteiger partial charge in [-0.15, -0.1) is 0 Å². The minimum Gasteiger partial charge on any atom is -0.382 e. The van der Waals surface area contributed by atoms with E-state index in [0.29, 0.717) is 17.6 Å². The lowest BCUT2D eigenvalue weighted by Gasteiger charge is -2.17. The Morgan fingerprint density at radius 3 is 2.29 bits per heavy atom. The van der Waals surface area contributed by atoms with Crippen LogP contribution in [0.15, 0.2) is 0 Å². The highest BCUT2D eigenvalue weighted by molar-refractivity contribution is 5.39. The molecule has 0 aliphatic rings. The average molecular weight is 198 g/mol. The summed E-state index contributed by atoms with van der Waals surface area (Å²) in [7, 11) is 1.65. The van der Waals surface area contributed by atoms with Gasteiger partial charge in [0, 0.05) is 7.11 Å². The summed E-state index contributed by atoms with van der Waals surface area (Å²) in [5.74, 6) is 7.15. The lowest BCUT2D eigenvalue weighted by Crippen LogP contribution is -2.16. The Hall–Kier alpha value is -1.23. The summed E-state index contributed by atoms with van der Waals surface area (Å²) in [5, 5.41) is 0. The average Bonchev–Trinajstić information content (AvgIpc) is 2.35. The third kappa shape index (κ3) is 1.68. The van der Waals surface area contributed by atoms with Crippen LogP contribution in [-0.4, -0.2) is 16.8 Å². The lowest BCUT2D eigenvalue weighted by atomic mass is 10.0. The molecule has 80 valence electrons. The third-order valence-corrected chi connectivity index (χ3v) is 2.28. The van der Waals surface area contributed by atoms with Crippen molar-refractivity contribution in [3.8, 4) is 0 Å². The number of nitrogens with zero attached hydrogens (tertiary/aromatic N) is 2. The van der Waals surface area contributed by atoms with E-state index in [4.69, 9.17) is 16.3 Å². The third-order valence-electron chi connectivity index (χ3n) is 2.28. The highest BCUT2D eigenvalue weighted by Gasteiger charge is 2.22. The maximum absolute atomic E-state index is 5.81. The summed E-state index contributed by atoms with van der Waals surface area (Å²) in [6.07, 6.45) is -0.0986. The molecule has 5 heteroatoms. The summed E-state index contributed by atoms with van der Waals surface area (Å²) >= 11 is 0.